The highest BCUT2D eigenvalue weighted by Gasteiger charge is 2.20. The lowest BCUT2D eigenvalue weighted by atomic mass is 10.0. The molecule has 4 rings (SSSR count). The Morgan fingerprint density at radius 2 is 1.88 bits per heavy atom. The van der Waals surface area contributed by atoms with Crippen LogP contribution in [-0.2, 0) is 11.2 Å². The van der Waals surface area contributed by atoms with Gasteiger partial charge in [0.05, 0.1) is 6.26 Å². The minimum atomic E-state index is -0.359. The van der Waals surface area contributed by atoms with E-state index < -0.39 is 0 Å². The summed E-state index contributed by atoms with van der Waals surface area (Å²) in [5, 5.41) is 1.92. The molecule has 0 unspecified atom stereocenters. The highest BCUT2D eigenvalue weighted by atomic mass is 16.4. The summed E-state index contributed by atoms with van der Waals surface area (Å²) < 4.78 is 11.0. The van der Waals surface area contributed by atoms with Crippen LogP contribution in [0.2, 0.25) is 0 Å². The van der Waals surface area contributed by atoms with Gasteiger partial charge in [-0.1, -0.05) is 0 Å². The lowest BCUT2D eigenvalue weighted by Gasteiger charge is -2.15. The normalized spacial score (nSPS) is 14.7. The summed E-state index contributed by atoms with van der Waals surface area (Å²) in [6.07, 6.45) is 4.62. The molecular weight excluding hydrogens is 318 g/mol. The summed E-state index contributed by atoms with van der Waals surface area (Å²) >= 11 is 0. The molecule has 1 aliphatic rings. The molecule has 0 atom stereocenters. The topological polar surface area (TPSA) is 63.7 Å². The maximum Gasteiger partial charge on any atom is 0.339 e. The second kappa shape index (κ2) is 6.06. The van der Waals surface area contributed by atoms with E-state index in [1.807, 2.05) is 24.8 Å². The van der Waals surface area contributed by atoms with Crippen molar-refractivity contribution in [2.24, 2.45) is 0 Å². The number of nitrogens with zero attached hydrogens (tertiary/aromatic N) is 1. The number of rotatable bonds is 3. The summed E-state index contributed by atoms with van der Waals surface area (Å²) in [7, 11) is 0. The Labute approximate surface area is 145 Å². The van der Waals surface area contributed by atoms with Crippen LogP contribution in [0.1, 0.15) is 36.0 Å². The maximum absolute atomic E-state index is 12.4. The average Bonchev–Trinajstić information content (AvgIpc) is 3.24. The van der Waals surface area contributed by atoms with Gasteiger partial charge in [-0.3, -0.25) is 4.79 Å². The Balaban J connectivity index is 1.70. The second-order valence-electron chi connectivity index (χ2n) is 6.84. The van der Waals surface area contributed by atoms with E-state index in [1.54, 1.807) is 12.3 Å². The smallest absolute Gasteiger partial charge is 0.339 e. The van der Waals surface area contributed by atoms with Crippen molar-refractivity contribution in [3.63, 3.8) is 0 Å². The fourth-order valence-electron chi connectivity index (χ4n) is 3.68. The zero-order valence-corrected chi connectivity index (χ0v) is 14.6. The van der Waals surface area contributed by atoms with Gasteiger partial charge in [0, 0.05) is 41.9 Å². The third kappa shape index (κ3) is 2.73. The van der Waals surface area contributed by atoms with E-state index in [1.165, 1.54) is 0 Å². The van der Waals surface area contributed by atoms with Crippen LogP contribution < -0.4 is 5.63 Å². The van der Waals surface area contributed by atoms with E-state index in [2.05, 4.69) is 0 Å². The van der Waals surface area contributed by atoms with Crippen LogP contribution in [0.15, 0.2) is 32.0 Å². The molecular formula is C20H21NO4. The van der Waals surface area contributed by atoms with Crippen molar-refractivity contribution in [2.45, 2.75) is 39.5 Å². The van der Waals surface area contributed by atoms with Gasteiger partial charge in [-0.15, -0.1) is 0 Å². The van der Waals surface area contributed by atoms with E-state index >= 15 is 0 Å². The number of fused-ring (bicyclic) bond motifs is 2. The summed E-state index contributed by atoms with van der Waals surface area (Å²) in [6, 6.07) is 3.78. The number of carbonyl (C=O) groups is 1. The van der Waals surface area contributed by atoms with Gasteiger partial charge < -0.3 is 13.7 Å². The molecule has 5 heteroatoms. The van der Waals surface area contributed by atoms with Gasteiger partial charge in [-0.05, 0) is 50.3 Å². The molecule has 3 aromatic rings. The number of aryl methyl sites for hydroxylation is 2. The van der Waals surface area contributed by atoms with Crippen LogP contribution >= 0.6 is 0 Å². The largest absolute Gasteiger partial charge is 0.464 e. The van der Waals surface area contributed by atoms with Crippen LogP contribution in [0, 0.1) is 13.8 Å². The van der Waals surface area contributed by atoms with Crippen molar-refractivity contribution in [2.75, 3.05) is 13.1 Å². The van der Waals surface area contributed by atoms with Crippen molar-refractivity contribution in [3.05, 3.63) is 45.5 Å². The van der Waals surface area contributed by atoms with Gasteiger partial charge in [-0.25, -0.2) is 4.79 Å². The number of carbonyl (C=O) groups excluding carboxylic acids is 1. The fraction of sp³-hybridized carbons (Fsp3) is 0.400. The summed E-state index contributed by atoms with van der Waals surface area (Å²) in [5.41, 5.74) is 3.42. The average molecular weight is 339 g/mol. The van der Waals surface area contributed by atoms with Crippen LogP contribution in [0.3, 0.4) is 0 Å². The summed E-state index contributed by atoms with van der Waals surface area (Å²) in [5.74, 6) is 0.123. The Bertz CT molecular complexity index is 1020. The van der Waals surface area contributed by atoms with Crippen LogP contribution in [0.25, 0.3) is 21.9 Å². The number of hydrogen-bond acceptors (Lipinski definition) is 4. The maximum atomic E-state index is 12.4. The highest BCUT2D eigenvalue weighted by molar-refractivity contribution is 5.96. The molecule has 0 spiro atoms. The van der Waals surface area contributed by atoms with Crippen molar-refractivity contribution in [3.8, 4) is 0 Å². The molecule has 0 radical (unpaired) electrons. The zero-order chi connectivity index (χ0) is 17.6. The monoisotopic (exact) mass is 339 g/mol. The number of benzene rings is 1. The first-order valence-corrected chi connectivity index (χ1v) is 8.76. The Morgan fingerprint density at radius 3 is 2.64 bits per heavy atom. The fourth-order valence-corrected chi connectivity index (χ4v) is 3.68. The molecule has 0 aliphatic carbocycles. The first kappa shape index (κ1) is 15.9. The predicted molar refractivity (Wildman–Crippen MR) is 95.9 cm³/mol. The molecule has 0 N–H and O–H groups in total. The molecule has 25 heavy (non-hydrogen) atoms. The molecule has 3 heterocycles. The molecule has 1 aromatic carbocycles. The third-order valence-electron chi connectivity index (χ3n) is 5.22. The lowest BCUT2D eigenvalue weighted by Crippen LogP contribution is -2.28. The molecule has 0 saturated carbocycles. The number of furan rings is 1. The number of hydrogen-bond donors (Lipinski definition) is 0. The van der Waals surface area contributed by atoms with E-state index in [0.29, 0.717) is 29.6 Å². The van der Waals surface area contributed by atoms with Gasteiger partial charge in [0.25, 0.3) is 0 Å². The second-order valence-corrected chi connectivity index (χ2v) is 6.84. The Kier molecular flexibility index (Phi) is 3.86. The Morgan fingerprint density at radius 1 is 1.12 bits per heavy atom. The van der Waals surface area contributed by atoms with Gasteiger partial charge in [0.2, 0.25) is 5.91 Å². The Hall–Kier alpha value is -2.56. The van der Waals surface area contributed by atoms with Crippen LogP contribution in [0.5, 0.6) is 0 Å². The van der Waals surface area contributed by atoms with Gasteiger partial charge in [0.15, 0.2) is 0 Å². The molecule has 5 nitrogen and oxygen atoms in total. The van der Waals surface area contributed by atoms with E-state index in [-0.39, 0.29) is 11.5 Å². The first-order valence-electron chi connectivity index (χ1n) is 8.76. The van der Waals surface area contributed by atoms with Crippen molar-refractivity contribution >= 4 is 27.8 Å². The van der Waals surface area contributed by atoms with Crippen molar-refractivity contribution in [1.29, 1.82) is 0 Å². The minimum absolute atomic E-state index is 0.123. The van der Waals surface area contributed by atoms with Gasteiger partial charge in [0.1, 0.15) is 11.2 Å². The van der Waals surface area contributed by atoms with E-state index in [4.69, 9.17) is 8.83 Å². The van der Waals surface area contributed by atoms with Gasteiger partial charge >= 0.3 is 5.63 Å². The van der Waals surface area contributed by atoms with Crippen LogP contribution in [0.4, 0.5) is 0 Å². The van der Waals surface area contributed by atoms with Crippen molar-refractivity contribution < 1.29 is 13.6 Å². The molecule has 2 aromatic heterocycles. The molecule has 1 saturated heterocycles. The molecule has 1 amide bonds. The highest BCUT2D eigenvalue weighted by Crippen LogP contribution is 2.29. The minimum Gasteiger partial charge on any atom is -0.464 e. The van der Waals surface area contributed by atoms with E-state index in [9.17, 15) is 9.59 Å². The number of likely N-dealkylation sites (tertiary alicyclic amines) is 1. The predicted octanol–water partition coefficient (Wildman–Crippen LogP) is 3.71. The molecule has 130 valence electrons. The standard InChI is InChI=1S/C20H21NO4/c1-12-11-24-17-10-18-16(9-15(12)17)13(2)14(20(23)25-18)5-6-19(22)21-7-3-4-8-21/h9-11H,3-8H2,1-2H3. The third-order valence-corrected chi connectivity index (χ3v) is 5.22. The zero-order valence-electron chi connectivity index (χ0n) is 14.6. The SMILES string of the molecule is Cc1coc2cc3oc(=O)c(CCC(=O)N4CCCC4)c(C)c3cc12. The summed E-state index contributed by atoms with van der Waals surface area (Å²) in [4.78, 5) is 26.6. The number of amides is 1. The van der Waals surface area contributed by atoms with Gasteiger partial charge in [-0.2, -0.15) is 0 Å². The van der Waals surface area contributed by atoms with Crippen LogP contribution in [-0.4, -0.2) is 23.9 Å². The quantitative estimate of drug-likeness (QED) is 0.682. The molecule has 1 fully saturated rings. The van der Waals surface area contributed by atoms with Crippen molar-refractivity contribution in [1.82, 2.24) is 4.90 Å². The lowest BCUT2D eigenvalue weighted by molar-refractivity contribution is -0.130. The first-order chi connectivity index (χ1) is 12.0. The molecule has 1 aliphatic heterocycles. The van der Waals surface area contributed by atoms with E-state index in [0.717, 1.165) is 47.8 Å². The summed E-state index contributed by atoms with van der Waals surface area (Å²) in [6.45, 7) is 5.59. The molecule has 0 bridgehead atoms.